The highest BCUT2D eigenvalue weighted by atomic mass is 79.9. The Morgan fingerprint density at radius 2 is 1.76 bits per heavy atom. The molecule has 1 aromatic carbocycles. The number of carbonyl (C=O) groups excluding carboxylic acids is 1. The third-order valence-corrected chi connectivity index (χ3v) is 4.94. The van der Waals surface area contributed by atoms with Crippen LogP contribution in [0.5, 0.6) is 0 Å². The summed E-state index contributed by atoms with van der Waals surface area (Å²) >= 11 is 3.02. The zero-order valence-corrected chi connectivity index (χ0v) is 13.9. The number of carbonyl (C=O) groups is 1. The van der Waals surface area contributed by atoms with Crippen LogP contribution in [-0.2, 0) is 0 Å². The maximum Gasteiger partial charge on any atom is 0.259 e. The van der Waals surface area contributed by atoms with Crippen LogP contribution in [0.1, 0.15) is 49.4 Å². The molecule has 5 heteroatoms. The van der Waals surface area contributed by atoms with Crippen LogP contribution in [0.15, 0.2) is 16.6 Å². The van der Waals surface area contributed by atoms with E-state index >= 15 is 0 Å². The van der Waals surface area contributed by atoms with Crippen LogP contribution in [-0.4, -0.2) is 23.9 Å². The maximum absolute atomic E-state index is 13.9. The van der Waals surface area contributed by atoms with Gasteiger partial charge in [0.25, 0.3) is 5.91 Å². The van der Waals surface area contributed by atoms with Crippen LogP contribution >= 0.6 is 15.9 Å². The van der Waals surface area contributed by atoms with E-state index < -0.39 is 23.1 Å². The molecule has 0 aromatic heterocycles. The number of hydrogen-bond acceptors (Lipinski definition) is 1. The second-order valence-corrected chi connectivity index (χ2v) is 6.66. The molecule has 1 fully saturated rings. The fraction of sp³-hybridized carbons (Fsp3) is 0.562. The lowest BCUT2D eigenvalue weighted by molar-refractivity contribution is 0.0665. The van der Waals surface area contributed by atoms with Crippen LogP contribution in [0.25, 0.3) is 0 Å². The summed E-state index contributed by atoms with van der Waals surface area (Å²) in [5, 5.41) is 0. The molecule has 0 saturated heterocycles. The second-order valence-electron chi connectivity index (χ2n) is 5.74. The first-order valence-corrected chi connectivity index (χ1v) is 8.15. The average Bonchev–Trinajstić information content (AvgIpc) is 2.45. The second kappa shape index (κ2) is 6.86. The maximum atomic E-state index is 13.9. The molecular weight excluding hydrogens is 340 g/mol. The summed E-state index contributed by atoms with van der Waals surface area (Å²) in [6, 6.07) is 2.32. The van der Waals surface area contributed by atoms with Crippen molar-refractivity contribution in [3.8, 4) is 0 Å². The molecule has 0 unspecified atom stereocenters. The highest BCUT2D eigenvalue weighted by molar-refractivity contribution is 9.10. The average molecular weight is 360 g/mol. The Labute approximate surface area is 132 Å². The van der Waals surface area contributed by atoms with Crippen molar-refractivity contribution in [3.05, 3.63) is 33.8 Å². The standard InChI is InChI=1S/C16H20BrF2NO/c1-3-10-4-6-12(7-5-10)20(2)16(21)15-13(18)8-11(17)9-14(15)19/h8-10,12H,3-7H2,1-2H3. The van der Waals surface area contributed by atoms with Gasteiger partial charge in [0.05, 0.1) is 0 Å². The Hall–Kier alpha value is -0.970. The Morgan fingerprint density at radius 3 is 2.24 bits per heavy atom. The molecular formula is C16H20BrF2NO. The van der Waals surface area contributed by atoms with Crippen molar-refractivity contribution in [2.75, 3.05) is 7.05 Å². The van der Waals surface area contributed by atoms with E-state index in [2.05, 4.69) is 22.9 Å². The summed E-state index contributed by atoms with van der Waals surface area (Å²) in [7, 11) is 1.64. The van der Waals surface area contributed by atoms with Gasteiger partial charge in [0.2, 0.25) is 0 Å². The summed E-state index contributed by atoms with van der Waals surface area (Å²) in [6.07, 6.45) is 5.11. The Bertz CT molecular complexity index is 504. The molecule has 0 radical (unpaired) electrons. The zero-order chi connectivity index (χ0) is 15.6. The third-order valence-electron chi connectivity index (χ3n) is 4.48. The minimum absolute atomic E-state index is 0.0720. The van der Waals surface area contributed by atoms with Gasteiger partial charge in [-0.05, 0) is 43.7 Å². The van der Waals surface area contributed by atoms with E-state index in [0.717, 1.165) is 44.2 Å². The van der Waals surface area contributed by atoms with Crippen molar-refractivity contribution in [2.24, 2.45) is 5.92 Å². The fourth-order valence-electron chi connectivity index (χ4n) is 3.03. The largest absolute Gasteiger partial charge is 0.339 e. The van der Waals surface area contributed by atoms with Crippen molar-refractivity contribution in [2.45, 2.75) is 45.1 Å². The molecule has 2 nitrogen and oxygen atoms in total. The lowest BCUT2D eigenvalue weighted by Crippen LogP contribution is -2.40. The minimum Gasteiger partial charge on any atom is -0.339 e. The van der Waals surface area contributed by atoms with E-state index in [4.69, 9.17) is 0 Å². The van der Waals surface area contributed by atoms with Gasteiger partial charge in [-0.25, -0.2) is 8.78 Å². The lowest BCUT2D eigenvalue weighted by atomic mass is 9.84. The summed E-state index contributed by atoms with van der Waals surface area (Å²) in [5.74, 6) is -1.50. The van der Waals surface area contributed by atoms with Gasteiger partial charge in [0.1, 0.15) is 17.2 Å². The van der Waals surface area contributed by atoms with Gasteiger partial charge in [-0.3, -0.25) is 4.79 Å². The predicted molar refractivity (Wildman–Crippen MR) is 82.2 cm³/mol. The molecule has 0 spiro atoms. The zero-order valence-electron chi connectivity index (χ0n) is 12.3. The van der Waals surface area contributed by atoms with E-state index in [0.29, 0.717) is 10.4 Å². The van der Waals surface area contributed by atoms with Gasteiger partial charge in [0.15, 0.2) is 0 Å². The first-order valence-electron chi connectivity index (χ1n) is 7.35. The summed E-state index contributed by atoms with van der Waals surface area (Å²) in [6.45, 7) is 2.17. The summed E-state index contributed by atoms with van der Waals surface area (Å²) in [5.41, 5.74) is -0.460. The van der Waals surface area contributed by atoms with Gasteiger partial charge in [-0.2, -0.15) is 0 Å². The molecule has 0 aliphatic heterocycles. The normalized spacial score (nSPS) is 22.1. The molecule has 1 aliphatic rings. The molecule has 116 valence electrons. The molecule has 0 N–H and O–H groups in total. The van der Waals surface area contributed by atoms with Gasteiger partial charge in [-0.1, -0.05) is 29.3 Å². The quantitative estimate of drug-likeness (QED) is 0.761. The Morgan fingerprint density at radius 1 is 1.24 bits per heavy atom. The van der Waals surface area contributed by atoms with E-state index in [-0.39, 0.29) is 6.04 Å². The van der Waals surface area contributed by atoms with Crippen LogP contribution < -0.4 is 0 Å². The number of hydrogen-bond donors (Lipinski definition) is 0. The van der Waals surface area contributed by atoms with Gasteiger partial charge < -0.3 is 4.90 Å². The van der Waals surface area contributed by atoms with Crippen molar-refractivity contribution in [3.63, 3.8) is 0 Å². The van der Waals surface area contributed by atoms with Gasteiger partial charge in [-0.15, -0.1) is 0 Å². The molecule has 1 amide bonds. The number of amides is 1. The fourth-order valence-corrected chi connectivity index (χ4v) is 3.43. The number of rotatable bonds is 3. The number of nitrogens with zero attached hydrogens (tertiary/aromatic N) is 1. The Kier molecular flexibility index (Phi) is 5.36. The van der Waals surface area contributed by atoms with Crippen molar-refractivity contribution in [1.82, 2.24) is 4.90 Å². The smallest absolute Gasteiger partial charge is 0.259 e. The minimum atomic E-state index is -0.819. The lowest BCUT2D eigenvalue weighted by Gasteiger charge is -2.34. The van der Waals surface area contributed by atoms with Crippen LogP contribution in [0.3, 0.4) is 0 Å². The molecule has 1 aliphatic carbocycles. The molecule has 1 saturated carbocycles. The molecule has 0 bridgehead atoms. The van der Waals surface area contributed by atoms with E-state index in [1.807, 2.05) is 0 Å². The predicted octanol–water partition coefficient (Wildman–Crippen LogP) is 4.77. The van der Waals surface area contributed by atoms with Crippen molar-refractivity contribution < 1.29 is 13.6 Å². The van der Waals surface area contributed by atoms with Crippen LogP contribution in [0, 0.1) is 17.6 Å². The van der Waals surface area contributed by atoms with Crippen LogP contribution in [0.4, 0.5) is 8.78 Å². The molecule has 0 atom stereocenters. The Balaban J connectivity index is 2.13. The molecule has 21 heavy (non-hydrogen) atoms. The number of benzene rings is 1. The van der Waals surface area contributed by atoms with Gasteiger partial charge in [0, 0.05) is 17.6 Å². The topological polar surface area (TPSA) is 20.3 Å². The first-order chi connectivity index (χ1) is 9.93. The van der Waals surface area contributed by atoms with Crippen LogP contribution in [0.2, 0.25) is 0 Å². The van der Waals surface area contributed by atoms with Crippen molar-refractivity contribution >= 4 is 21.8 Å². The van der Waals surface area contributed by atoms with Crippen molar-refractivity contribution in [1.29, 1.82) is 0 Å². The molecule has 2 rings (SSSR count). The highest BCUT2D eigenvalue weighted by Gasteiger charge is 2.29. The highest BCUT2D eigenvalue weighted by Crippen LogP contribution is 2.30. The summed E-state index contributed by atoms with van der Waals surface area (Å²) in [4.78, 5) is 13.9. The van der Waals surface area contributed by atoms with E-state index in [1.165, 1.54) is 4.90 Å². The SMILES string of the molecule is CCC1CCC(N(C)C(=O)c2c(F)cc(Br)cc2F)CC1. The first kappa shape index (κ1) is 16.4. The van der Waals surface area contributed by atoms with Gasteiger partial charge >= 0.3 is 0 Å². The monoisotopic (exact) mass is 359 g/mol. The van der Waals surface area contributed by atoms with E-state index in [1.54, 1.807) is 7.05 Å². The van der Waals surface area contributed by atoms with E-state index in [9.17, 15) is 13.6 Å². The summed E-state index contributed by atoms with van der Waals surface area (Å²) < 4.78 is 28.1. The third kappa shape index (κ3) is 3.62. The molecule has 1 aromatic rings. The molecule has 0 heterocycles. The number of halogens is 3.